The number of allylic oxidation sites excluding steroid dienone is 4. The zero-order chi connectivity index (χ0) is 26.6. The maximum atomic E-state index is 14.2. The van der Waals surface area contributed by atoms with E-state index < -0.39 is 0 Å². The molecule has 3 nitrogen and oxygen atoms in total. The number of piperidine rings is 1. The quantitative estimate of drug-likeness (QED) is 0.448. The van der Waals surface area contributed by atoms with E-state index in [1.54, 1.807) is 16.2 Å². The maximum absolute atomic E-state index is 14.2. The van der Waals surface area contributed by atoms with Crippen LogP contribution < -0.4 is 5.32 Å². The molecule has 1 saturated heterocycles. The van der Waals surface area contributed by atoms with Crippen LogP contribution in [0.1, 0.15) is 85.7 Å². The summed E-state index contributed by atoms with van der Waals surface area (Å²) in [4.78, 5) is 6.19. The van der Waals surface area contributed by atoms with Crippen LogP contribution in [0.15, 0.2) is 60.4 Å². The molecule has 1 aromatic heterocycles. The lowest BCUT2D eigenvalue weighted by atomic mass is 9.77. The summed E-state index contributed by atoms with van der Waals surface area (Å²) in [6, 6.07) is 6.02. The van der Waals surface area contributed by atoms with Gasteiger partial charge in [0.05, 0.1) is 20.9 Å². The summed E-state index contributed by atoms with van der Waals surface area (Å²) in [5.74, 6) is 0.553. The average molecular weight is 498 g/mol. The second-order valence-electron chi connectivity index (χ2n) is 11.0. The molecule has 1 aromatic carbocycles. The molecule has 0 radical (unpaired) electrons. The minimum absolute atomic E-state index is 0.310. The Bertz CT molecular complexity index is 1110. The minimum Gasteiger partial charge on any atom is -0.321 e. The SMILES string of the molecule is C=C1C(F)=CC(c2ccc3nc(C)sc3c2)=CN1C=C(C)C.CC.CC1CC(C)(C)NC(C)(C)C1. The van der Waals surface area contributed by atoms with Gasteiger partial charge in [0.2, 0.25) is 0 Å². The van der Waals surface area contributed by atoms with E-state index in [9.17, 15) is 4.39 Å². The van der Waals surface area contributed by atoms with Crippen molar-refractivity contribution in [3.8, 4) is 0 Å². The normalized spacial score (nSPS) is 19.1. The number of hydrogen-bond donors (Lipinski definition) is 1. The number of aromatic nitrogens is 1. The first kappa shape index (κ1) is 29.0. The van der Waals surface area contributed by atoms with Gasteiger partial charge < -0.3 is 10.2 Å². The molecule has 4 rings (SSSR count). The summed E-state index contributed by atoms with van der Waals surface area (Å²) in [7, 11) is 0. The Balaban J connectivity index is 0.000000280. The molecule has 3 heterocycles. The highest BCUT2D eigenvalue weighted by atomic mass is 32.1. The van der Waals surface area contributed by atoms with Gasteiger partial charge in [-0.1, -0.05) is 39.0 Å². The van der Waals surface area contributed by atoms with Gasteiger partial charge in [0, 0.05) is 29.1 Å². The molecule has 1 fully saturated rings. The predicted octanol–water partition coefficient (Wildman–Crippen LogP) is 9.14. The van der Waals surface area contributed by atoms with Gasteiger partial charge in [0.25, 0.3) is 0 Å². The highest BCUT2D eigenvalue weighted by Crippen LogP contribution is 2.33. The molecule has 0 spiro atoms. The molecule has 0 saturated carbocycles. The Morgan fingerprint density at radius 1 is 1.17 bits per heavy atom. The number of thiazole rings is 1. The lowest BCUT2D eigenvalue weighted by Gasteiger charge is -2.45. The molecular weight excluding hydrogens is 453 g/mol. The molecular formula is C30H44FN3S. The van der Waals surface area contributed by atoms with Gasteiger partial charge in [0.15, 0.2) is 0 Å². The molecule has 2 aromatic rings. The standard InChI is InChI=1S/C18H17FN2S.C10H21N.C2H6/c1-11(2)9-21-10-15(7-16(19)12(21)3)14-5-6-17-18(8-14)22-13(4)20-17;1-8-6-9(2,3)11-10(4,5)7-8;1-2/h5-10H,3H2,1-2,4H3;8,11H,6-7H2,1-5H3;1-2H3. The summed E-state index contributed by atoms with van der Waals surface area (Å²) >= 11 is 1.65. The lowest BCUT2D eigenvalue weighted by Crippen LogP contribution is -2.57. The molecule has 2 aliphatic heterocycles. The van der Waals surface area contributed by atoms with Crippen molar-refractivity contribution >= 4 is 27.1 Å². The van der Waals surface area contributed by atoms with Crippen molar-refractivity contribution in [3.05, 3.63) is 70.9 Å². The van der Waals surface area contributed by atoms with E-state index in [1.165, 1.54) is 18.9 Å². The van der Waals surface area contributed by atoms with Gasteiger partial charge in [-0.25, -0.2) is 9.37 Å². The van der Waals surface area contributed by atoms with Crippen LogP contribution in [0.25, 0.3) is 15.8 Å². The highest BCUT2D eigenvalue weighted by molar-refractivity contribution is 7.18. The summed E-state index contributed by atoms with van der Waals surface area (Å²) in [6.07, 6.45) is 7.93. The van der Waals surface area contributed by atoms with Crippen LogP contribution in [0.4, 0.5) is 4.39 Å². The number of fused-ring (bicyclic) bond motifs is 1. The van der Waals surface area contributed by atoms with E-state index in [2.05, 4.69) is 57.6 Å². The summed E-state index contributed by atoms with van der Waals surface area (Å²) in [5.41, 5.74) is 4.90. The van der Waals surface area contributed by atoms with E-state index in [1.807, 2.05) is 59.2 Å². The van der Waals surface area contributed by atoms with Crippen LogP contribution in [0.2, 0.25) is 0 Å². The topological polar surface area (TPSA) is 28.2 Å². The third-order valence-electron chi connectivity index (χ3n) is 5.77. The first-order chi connectivity index (χ1) is 16.2. The van der Waals surface area contributed by atoms with Crippen molar-refractivity contribution in [2.75, 3.05) is 0 Å². The van der Waals surface area contributed by atoms with Crippen LogP contribution in [-0.2, 0) is 0 Å². The Labute approximate surface area is 216 Å². The second-order valence-corrected chi connectivity index (χ2v) is 12.2. The second kappa shape index (κ2) is 11.7. The Hall–Kier alpha value is -2.24. The fraction of sp³-hybridized carbons (Fsp3) is 0.500. The first-order valence-corrected chi connectivity index (χ1v) is 13.4. The van der Waals surface area contributed by atoms with Gasteiger partial charge >= 0.3 is 0 Å². The van der Waals surface area contributed by atoms with Crippen LogP contribution >= 0.6 is 11.3 Å². The summed E-state index contributed by atoms with van der Waals surface area (Å²) in [6.45, 7) is 25.3. The van der Waals surface area contributed by atoms with Crippen LogP contribution in [-0.4, -0.2) is 21.0 Å². The van der Waals surface area contributed by atoms with Gasteiger partial charge in [-0.2, -0.15) is 0 Å². The van der Waals surface area contributed by atoms with E-state index in [0.29, 0.717) is 16.8 Å². The van der Waals surface area contributed by atoms with Crippen molar-refractivity contribution < 1.29 is 4.39 Å². The monoisotopic (exact) mass is 497 g/mol. The molecule has 1 N–H and O–H groups in total. The molecule has 0 bridgehead atoms. The van der Waals surface area contributed by atoms with Gasteiger partial charge in [0.1, 0.15) is 5.83 Å². The highest BCUT2D eigenvalue weighted by Gasteiger charge is 2.35. The molecule has 0 aliphatic carbocycles. The smallest absolute Gasteiger partial charge is 0.147 e. The third-order valence-corrected chi connectivity index (χ3v) is 6.70. The summed E-state index contributed by atoms with van der Waals surface area (Å²) < 4.78 is 15.3. The van der Waals surface area contributed by atoms with Crippen molar-refractivity contribution in [1.82, 2.24) is 15.2 Å². The number of hydrogen-bond acceptors (Lipinski definition) is 4. The molecule has 5 heteroatoms. The number of halogens is 1. The molecule has 0 unspecified atom stereocenters. The lowest BCUT2D eigenvalue weighted by molar-refractivity contribution is 0.138. The maximum Gasteiger partial charge on any atom is 0.147 e. The van der Waals surface area contributed by atoms with Crippen LogP contribution in [0, 0.1) is 12.8 Å². The summed E-state index contributed by atoms with van der Waals surface area (Å²) in [5, 5.41) is 4.70. The fourth-order valence-corrected chi connectivity index (χ4v) is 6.08. The van der Waals surface area contributed by atoms with Gasteiger partial charge in [-0.05, 0) is 91.0 Å². The first-order valence-electron chi connectivity index (χ1n) is 12.6. The largest absolute Gasteiger partial charge is 0.321 e. The van der Waals surface area contributed by atoms with Crippen molar-refractivity contribution in [3.63, 3.8) is 0 Å². The van der Waals surface area contributed by atoms with E-state index in [4.69, 9.17) is 0 Å². The number of rotatable bonds is 2. The Morgan fingerprint density at radius 3 is 2.31 bits per heavy atom. The van der Waals surface area contributed by atoms with E-state index in [-0.39, 0.29) is 5.83 Å². The van der Waals surface area contributed by atoms with Crippen LogP contribution in [0.5, 0.6) is 0 Å². The zero-order valence-corrected chi connectivity index (χ0v) is 24.2. The number of nitrogens with zero attached hydrogens (tertiary/aromatic N) is 2. The molecule has 0 atom stereocenters. The zero-order valence-electron chi connectivity index (χ0n) is 23.3. The molecule has 35 heavy (non-hydrogen) atoms. The van der Waals surface area contributed by atoms with Crippen LogP contribution in [0.3, 0.4) is 0 Å². The third kappa shape index (κ3) is 8.15. The van der Waals surface area contributed by atoms with Crippen molar-refractivity contribution in [2.24, 2.45) is 5.92 Å². The number of benzene rings is 1. The Morgan fingerprint density at radius 2 is 1.77 bits per heavy atom. The van der Waals surface area contributed by atoms with Gasteiger partial charge in [-0.15, -0.1) is 11.3 Å². The minimum atomic E-state index is -0.310. The molecule has 0 amide bonds. The molecule has 2 aliphatic rings. The number of nitrogens with one attached hydrogen (secondary N) is 1. The predicted molar refractivity (Wildman–Crippen MR) is 153 cm³/mol. The van der Waals surface area contributed by atoms with Gasteiger partial charge in [-0.3, -0.25) is 0 Å². The number of aryl methyl sites for hydroxylation is 1. The van der Waals surface area contributed by atoms with E-state index >= 15 is 0 Å². The fourth-order valence-electron chi connectivity index (χ4n) is 5.21. The Kier molecular flexibility index (Phi) is 9.66. The van der Waals surface area contributed by atoms with E-state index in [0.717, 1.165) is 37.9 Å². The van der Waals surface area contributed by atoms with Crippen molar-refractivity contribution in [2.45, 2.75) is 93.2 Å². The average Bonchev–Trinajstić information content (AvgIpc) is 3.09. The van der Waals surface area contributed by atoms with Crippen molar-refractivity contribution in [1.29, 1.82) is 0 Å². The molecule has 192 valence electrons.